The van der Waals surface area contributed by atoms with Gasteiger partial charge >= 0.3 is 0 Å². The lowest BCUT2D eigenvalue weighted by atomic mass is 10.1. The Kier molecular flexibility index (Phi) is 4.98. The summed E-state index contributed by atoms with van der Waals surface area (Å²) in [6.07, 6.45) is 2.99. The van der Waals surface area contributed by atoms with Gasteiger partial charge in [-0.1, -0.05) is 6.07 Å². The molecule has 0 saturated heterocycles. The van der Waals surface area contributed by atoms with Gasteiger partial charge in [-0.15, -0.1) is 0 Å². The second-order valence-corrected chi connectivity index (χ2v) is 8.26. The molecule has 7 nitrogen and oxygen atoms in total. The van der Waals surface area contributed by atoms with Gasteiger partial charge in [0.15, 0.2) is 0 Å². The van der Waals surface area contributed by atoms with Gasteiger partial charge in [-0.25, -0.2) is 13.1 Å². The van der Waals surface area contributed by atoms with Gasteiger partial charge in [0.05, 0.1) is 17.6 Å². The Morgan fingerprint density at radius 3 is 2.88 bits per heavy atom. The molecule has 1 N–H and O–H groups in total. The molecule has 2 aromatic heterocycles. The van der Waals surface area contributed by atoms with Crippen LogP contribution in [-0.2, 0) is 29.7 Å². The fourth-order valence-electron chi connectivity index (χ4n) is 3.06. The van der Waals surface area contributed by atoms with Crippen molar-refractivity contribution >= 4 is 10.0 Å². The summed E-state index contributed by atoms with van der Waals surface area (Å²) in [6.45, 7) is 5.42. The van der Waals surface area contributed by atoms with Crippen molar-refractivity contribution in [1.82, 2.24) is 24.4 Å². The highest BCUT2D eigenvalue weighted by Gasteiger charge is 2.23. The summed E-state index contributed by atoms with van der Waals surface area (Å²) in [7, 11) is -3.19. The van der Waals surface area contributed by atoms with Crippen molar-refractivity contribution in [3.8, 4) is 0 Å². The minimum atomic E-state index is -3.19. The molecule has 0 amide bonds. The van der Waals surface area contributed by atoms with E-state index in [9.17, 15) is 8.42 Å². The van der Waals surface area contributed by atoms with Gasteiger partial charge in [-0.2, -0.15) is 5.10 Å². The predicted molar refractivity (Wildman–Crippen MR) is 91.7 cm³/mol. The third-order valence-corrected chi connectivity index (χ3v) is 4.79. The van der Waals surface area contributed by atoms with Crippen molar-refractivity contribution in [3.63, 3.8) is 0 Å². The Hall–Kier alpha value is -1.77. The Bertz CT molecular complexity index is 802. The maximum Gasteiger partial charge on any atom is 0.208 e. The number of fused-ring (bicyclic) bond motifs is 1. The van der Waals surface area contributed by atoms with Crippen molar-refractivity contribution in [2.24, 2.45) is 5.92 Å². The topological polar surface area (TPSA) is 80.1 Å². The molecule has 0 bridgehead atoms. The molecule has 0 saturated carbocycles. The van der Waals surface area contributed by atoms with Crippen molar-refractivity contribution < 1.29 is 8.42 Å². The fraction of sp³-hybridized carbons (Fsp3) is 0.500. The van der Waals surface area contributed by atoms with E-state index in [1.165, 1.54) is 6.26 Å². The zero-order valence-electron chi connectivity index (χ0n) is 14.0. The third kappa shape index (κ3) is 4.62. The number of nitrogens with one attached hydrogen (secondary N) is 1. The Morgan fingerprint density at radius 2 is 2.12 bits per heavy atom. The van der Waals surface area contributed by atoms with Crippen LogP contribution in [0.1, 0.15) is 17.1 Å². The van der Waals surface area contributed by atoms with Crippen LogP contribution >= 0.6 is 0 Å². The van der Waals surface area contributed by atoms with Gasteiger partial charge in [-0.3, -0.25) is 14.6 Å². The molecule has 3 rings (SSSR count). The number of aryl methyl sites for hydroxylation is 1. The zero-order chi connectivity index (χ0) is 17.2. The molecule has 0 fully saturated rings. The summed E-state index contributed by atoms with van der Waals surface area (Å²) in [4.78, 5) is 6.88. The van der Waals surface area contributed by atoms with Crippen LogP contribution in [-0.4, -0.2) is 47.4 Å². The van der Waals surface area contributed by atoms with Gasteiger partial charge in [0.2, 0.25) is 10.0 Å². The van der Waals surface area contributed by atoms with E-state index >= 15 is 0 Å². The minimum Gasteiger partial charge on any atom is -0.291 e. The van der Waals surface area contributed by atoms with E-state index in [0.717, 1.165) is 36.7 Å². The van der Waals surface area contributed by atoms with Crippen LogP contribution < -0.4 is 4.72 Å². The predicted octanol–water partition coefficient (Wildman–Crippen LogP) is 0.768. The van der Waals surface area contributed by atoms with E-state index in [2.05, 4.69) is 19.7 Å². The molecular formula is C16H23N5O2S. The van der Waals surface area contributed by atoms with Crippen LogP contribution in [0.2, 0.25) is 0 Å². The number of hydrogen-bond acceptors (Lipinski definition) is 5. The first-order valence-corrected chi connectivity index (χ1v) is 9.88. The van der Waals surface area contributed by atoms with E-state index in [1.807, 2.05) is 35.9 Å². The van der Waals surface area contributed by atoms with Gasteiger partial charge < -0.3 is 0 Å². The highest BCUT2D eigenvalue weighted by atomic mass is 32.2. The largest absolute Gasteiger partial charge is 0.291 e. The van der Waals surface area contributed by atoms with Crippen LogP contribution in [0.5, 0.6) is 0 Å². The van der Waals surface area contributed by atoms with Crippen molar-refractivity contribution in [2.45, 2.75) is 26.6 Å². The lowest BCUT2D eigenvalue weighted by Gasteiger charge is -2.23. The summed E-state index contributed by atoms with van der Waals surface area (Å²) in [6, 6.07) is 8.05. The van der Waals surface area contributed by atoms with Gasteiger partial charge in [0, 0.05) is 50.5 Å². The maximum absolute atomic E-state index is 11.4. The number of aromatic nitrogens is 3. The Morgan fingerprint density at radius 1 is 1.29 bits per heavy atom. The van der Waals surface area contributed by atoms with E-state index in [-0.39, 0.29) is 5.92 Å². The molecule has 3 heterocycles. The van der Waals surface area contributed by atoms with Crippen LogP contribution in [0.3, 0.4) is 0 Å². The van der Waals surface area contributed by atoms with Crippen LogP contribution in [0.15, 0.2) is 30.5 Å². The zero-order valence-corrected chi connectivity index (χ0v) is 14.8. The first-order valence-electron chi connectivity index (χ1n) is 7.99. The minimum absolute atomic E-state index is 0.158. The quantitative estimate of drug-likeness (QED) is 0.862. The first kappa shape index (κ1) is 17.1. The fourth-order valence-corrected chi connectivity index (χ4v) is 3.59. The second kappa shape index (κ2) is 7.00. The van der Waals surface area contributed by atoms with Gasteiger partial charge in [0.25, 0.3) is 0 Å². The SMILES string of the molecule is Cc1cccc(CN2Cc3ccnn3C[C@H](CNS(C)(=O)=O)C2)n1. The molecule has 2 aromatic rings. The molecule has 0 unspecified atom stereocenters. The van der Waals surface area contributed by atoms with Gasteiger partial charge in [-0.05, 0) is 25.1 Å². The number of rotatable bonds is 5. The molecule has 0 spiro atoms. The summed E-state index contributed by atoms with van der Waals surface area (Å²) in [5, 5.41) is 4.36. The summed E-state index contributed by atoms with van der Waals surface area (Å²) in [5.74, 6) is 0.158. The lowest BCUT2D eigenvalue weighted by Crippen LogP contribution is -2.36. The maximum atomic E-state index is 11.4. The Labute approximate surface area is 142 Å². The summed E-state index contributed by atoms with van der Waals surface area (Å²) < 4.78 is 27.4. The van der Waals surface area contributed by atoms with Crippen molar-refractivity contribution in [1.29, 1.82) is 0 Å². The second-order valence-electron chi connectivity index (χ2n) is 6.43. The molecular weight excluding hydrogens is 326 g/mol. The lowest BCUT2D eigenvalue weighted by molar-refractivity contribution is 0.219. The number of nitrogens with zero attached hydrogens (tertiary/aromatic N) is 4. The highest BCUT2D eigenvalue weighted by molar-refractivity contribution is 7.88. The molecule has 0 aromatic carbocycles. The van der Waals surface area contributed by atoms with E-state index in [0.29, 0.717) is 13.1 Å². The smallest absolute Gasteiger partial charge is 0.208 e. The number of hydrogen-bond donors (Lipinski definition) is 1. The average Bonchev–Trinajstić information content (AvgIpc) is 2.84. The van der Waals surface area contributed by atoms with E-state index in [1.54, 1.807) is 6.20 Å². The molecule has 0 aliphatic carbocycles. The van der Waals surface area contributed by atoms with Crippen molar-refractivity contribution in [3.05, 3.63) is 47.5 Å². The molecule has 130 valence electrons. The van der Waals surface area contributed by atoms with Crippen LogP contribution in [0.25, 0.3) is 0 Å². The van der Waals surface area contributed by atoms with Crippen LogP contribution in [0, 0.1) is 12.8 Å². The van der Waals surface area contributed by atoms with E-state index < -0.39 is 10.0 Å². The molecule has 1 atom stereocenters. The number of pyridine rings is 1. The number of sulfonamides is 1. The average molecular weight is 349 g/mol. The third-order valence-electron chi connectivity index (χ3n) is 4.10. The molecule has 1 aliphatic heterocycles. The highest BCUT2D eigenvalue weighted by Crippen LogP contribution is 2.17. The van der Waals surface area contributed by atoms with Crippen molar-refractivity contribution in [2.75, 3.05) is 19.3 Å². The molecule has 0 radical (unpaired) electrons. The van der Waals surface area contributed by atoms with Gasteiger partial charge in [0.1, 0.15) is 0 Å². The standard InChI is InChI=1S/C16H23N5O2S/c1-13-4-3-5-15(19-13)11-20-9-14(8-18-24(2,22)23)10-21-16(12-20)6-7-17-21/h3-7,14,18H,8-12H2,1-2H3/t14-/m1/s1. The van der Waals surface area contributed by atoms with Crippen LogP contribution in [0.4, 0.5) is 0 Å². The Balaban J connectivity index is 1.76. The summed E-state index contributed by atoms with van der Waals surface area (Å²) in [5.41, 5.74) is 3.17. The van der Waals surface area contributed by atoms with E-state index in [4.69, 9.17) is 0 Å². The summed E-state index contributed by atoms with van der Waals surface area (Å²) >= 11 is 0. The molecule has 1 aliphatic rings. The first-order chi connectivity index (χ1) is 11.4. The molecule has 8 heteroatoms. The molecule has 24 heavy (non-hydrogen) atoms. The monoisotopic (exact) mass is 349 g/mol. The normalized spacial score (nSPS) is 19.0.